The van der Waals surface area contributed by atoms with E-state index in [4.69, 9.17) is 10.5 Å². The molecule has 1 aromatic carbocycles. The number of benzene rings is 1. The highest BCUT2D eigenvalue weighted by molar-refractivity contribution is 9.10. The van der Waals surface area contributed by atoms with Crippen LogP contribution in [0.4, 0.5) is 0 Å². The van der Waals surface area contributed by atoms with E-state index in [1.807, 2.05) is 6.07 Å². The second kappa shape index (κ2) is 6.53. The van der Waals surface area contributed by atoms with Gasteiger partial charge in [0.1, 0.15) is 0 Å². The molecule has 5 nitrogen and oxygen atoms in total. The summed E-state index contributed by atoms with van der Waals surface area (Å²) in [6.45, 7) is 5.85. The van der Waals surface area contributed by atoms with Crippen LogP contribution in [-0.4, -0.2) is 27.7 Å². The van der Waals surface area contributed by atoms with Gasteiger partial charge in [-0.15, -0.1) is 0 Å². The van der Waals surface area contributed by atoms with Gasteiger partial charge in [-0.1, -0.05) is 15.9 Å². The molecule has 0 fully saturated rings. The summed E-state index contributed by atoms with van der Waals surface area (Å²) in [7, 11) is -2.11. The van der Waals surface area contributed by atoms with Crippen LogP contribution in [0, 0.1) is 6.92 Å². The summed E-state index contributed by atoms with van der Waals surface area (Å²) < 4.78 is 33.5. The quantitative estimate of drug-likeness (QED) is 0.807. The number of hydrogen-bond donors (Lipinski definition) is 2. The molecule has 0 bridgehead atoms. The first kappa shape index (κ1) is 17.6. The Hall–Kier alpha value is -0.470. The maximum Gasteiger partial charge on any atom is 0.241 e. The van der Waals surface area contributed by atoms with E-state index in [1.54, 1.807) is 26.8 Å². The van der Waals surface area contributed by atoms with Crippen LogP contribution < -0.4 is 10.5 Å². The Balaban J connectivity index is 3.25. The van der Waals surface area contributed by atoms with Gasteiger partial charge in [0.2, 0.25) is 10.0 Å². The third-order valence-corrected chi connectivity index (χ3v) is 5.45. The summed E-state index contributed by atoms with van der Waals surface area (Å²) >= 11 is 3.37. The molecule has 3 N–H and O–H groups in total. The lowest BCUT2D eigenvalue weighted by molar-refractivity contribution is 0.141. The molecule has 0 amide bonds. The lowest BCUT2D eigenvalue weighted by Crippen LogP contribution is -2.46. The number of nitrogens with one attached hydrogen (secondary N) is 1. The molecule has 0 aliphatic carbocycles. The molecular formula is C13H21BrN2O3S. The van der Waals surface area contributed by atoms with Crippen LogP contribution in [0.2, 0.25) is 0 Å². The fourth-order valence-corrected chi connectivity index (χ4v) is 4.27. The fraction of sp³-hybridized carbons (Fsp3) is 0.538. The zero-order valence-electron chi connectivity index (χ0n) is 12.2. The van der Waals surface area contributed by atoms with Crippen LogP contribution in [0.3, 0.4) is 0 Å². The van der Waals surface area contributed by atoms with Crippen molar-refractivity contribution in [3.05, 3.63) is 27.7 Å². The summed E-state index contributed by atoms with van der Waals surface area (Å²) in [6.07, 6.45) is 0. The number of hydrogen-bond acceptors (Lipinski definition) is 4. The van der Waals surface area contributed by atoms with Gasteiger partial charge in [0.25, 0.3) is 0 Å². The van der Waals surface area contributed by atoms with E-state index in [2.05, 4.69) is 20.7 Å². The first-order valence-corrected chi connectivity index (χ1v) is 8.42. The van der Waals surface area contributed by atoms with Gasteiger partial charge in [0.05, 0.1) is 17.0 Å². The fourth-order valence-electron chi connectivity index (χ4n) is 1.91. The number of methoxy groups -OCH3 is 1. The van der Waals surface area contributed by atoms with Crippen LogP contribution >= 0.6 is 15.9 Å². The van der Waals surface area contributed by atoms with Crippen LogP contribution in [0.1, 0.15) is 25.0 Å². The van der Waals surface area contributed by atoms with Gasteiger partial charge >= 0.3 is 0 Å². The molecule has 0 saturated carbocycles. The Labute approximate surface area is 129 Å². The lowest BCUT2D eigenvalue weighted by atomic mass is 10.1. The lowest BCUT2D eigenvalue weighted by Gasteiger charge is -2.25. The summed E-state index contributed by atoms with van der Waals surface area (Å²) in [5.74, 6) is 0. The molecule has 0 aliphatic heterocycles. The zero-order chi connectivity index (χ0) is 15.6. The van der Waals surface area contributed by atoms with Crippen molar-refractivity contribution in [1.29, 1.82) is 0 Å². The van der Waals surface area contributed by atoms with Gasteiger partial charge in [-0.25, -0.2) is 13.1 Å². The average Bonchev–Trinajstić information content (AvgIpc) is 2.30. The minimum absolute atomic E-state index is 0.233. The summed E-state index contributed by atoms with van der Waals surface area (Å²) in [5.41, 5.74) is 6.32. The highest BCUT2D eigenvalue weighted by Gasteiger charge is 2.28. The second-order valence-corrected chi connectivity index (χ2v) is 7.83. The maximum absolute atomic E-state index is 12.5. The van der Waals surface area contributed by atoms with E-state index in [9.17, 15) is 8.42 Å². The van der Waals surface area contributed by atoms with E-state index >= 15 is 0 Å². The molecule has 7 heteroatoms. The molecule has 0 aliphatic rings. The highest BCUT2D eigenvalue weighted by atomic mass is 79.9. The highest BCUT2D eigenvalue weighted by Crippen LogP contribution is 2.26. The molecule has 0 heterocycles. The molecule has 0 unspecified atom stereocenters. The van der Waals surface area contributed by atoms with E-state index in [0.29, 0.717) is 5.56 Å². The minimum Gasteiger partial charge on any atom is -0.383 e. The van der Waals surface area contributed by atoms with Crippen molar-refractivity contribution < 1.29 is 13.2 Å². The predicted molar refractivity (Wildman–Crippen MR) is 83.0 cm³/mol. The van der Waals surface area contributed by atoms with Crippen molar-refractivity contribution in [3.63, 3.8) is 0 Å². The van der Waals surface area contributed by atoms with E-state index < -0.39 is 15.6 Å². The Kier molecular flexibility index (Phi) is 5.74. The van der Waals surface area contributed by atoms with Crippen molar-refractivity contribution in [2.75, 3.05) is 13.7 Å². The number of sulfonamides is 1. The van der Waals surface area contributed by atoms with Crippen LogP contribution in [0.5, 0.6) is 0 Å². The van der Waals surface area contributed by atoms with Gasteiger partial charge in [-0.3, -0.25) is 0 Å². The second-order valence-electron chi connectivity index (χ2n) is 5.33. The third kappa shape index (κ3) is 4.26. The van der Waals surface area contributed by atoms with Crippen LogP contribution in [-0.2, 0) is 21.3 Å². The number of halogens is 1. The number of rotatable bonds is 6. The molecular weight excluding hydrogens is 344 g/mol. The van der Waals surface area contributed by atoms with Gasteiger partial charge < -0.3 is 10.5 Å². The van der Waals surface area contributed by atoms with Crippen molar-refractivity contribution in [2.45, 2.75) is 37.8 Å². The smallest absolute Gasteiger partial charge is 0.241 e. The molecule has 0 spiro atoms. The van der Waals surface area contributed by atoms with Crippen molar-refractivity contribution in [1.82, 2.24) is 4.72 Å². The number of nitrogens with two attached hydrogens (primary N) is 1. The monoisotopic (exact) mass is 364 g/mol. The van der Waals surface area contributed by atoms with Gasteiger partial charge in [-0.05, 0) is 44.0 Å². The Morgan fingerprint density at radius 2 is 2.00 bits per heavy atom. The molecule has 0 saturated heterocycles. The zero-order valence-corrected chi connectivity index (χ0v) is 14.6. The van der Waals surface area contributed by atoms with Crippen LogP contribution in [0.15, 0.2) is 21.5 Å². The standard InChI is InChI=1S/C13H21BrN2O3S/c1-9-11(14)5-10(7-15)6-12(9)20(17,18)16-13(2,3)8-19-4/h5-6,16H,7-8,15H2,1-4H3. The normalized spacial score (nSPS) is 12.7. The van der Waals surface area contributed by atoms with Crippen LogP contribution in [0.25, 0.3) is 0 Å². The largest absolute Gasteiger partial charge is 0.383 e. The maximum atomic E-state index is 12.5. The van der Waals surface area contributed by atoms with Gasteiger partial charge in [0, 0.05) is 18.1 Å². The molecule has 20 heavy (non-hydrogen) atoms. The summed E-state index contributed by atoms with van der Waals surface area (Å²) in [5, 5.41) is 0. The molecule has 1 rings (SSSR count). The van der Waals surface area contributed by atoms with E-state index in [-0.39, 0.29) is 18.0 Å². The van der Waals surface area contributed by atoms with E-state index in [0.717, 1.165) is 10.0 Å². The third-order valence-electron chi connectivity index (χ3n) is 2.80. The first-order valence-electron chi connectivity index (χ1n) is 6.15. The SMILES string of the molecule is COCC(C)(C)NS(=O)(=O)c1cc(CN)cc(Br)c1C. The minimum atomic E-state index is -3.64. The topological polar surface area (TPSA) is 81.4 Å². The van der Waals surface area contributed by atoms with Gasteiger partial charge in [-0.2, -0.15) is 0 Å². The predicted octanol–water partition coefficient (Wildman–Crippen LogP) is 1.92. The Bertz CT molecular complexity index is 586. The first-order chi connectivity index (χ1) is 9.13. The Morgan fingerprint density at radius 1 is 1.40 bits per heavy atom. The van der Waals surface area contributed by atoms with E-state index in [1.165, 1.54) is 7.11 Å². The van der Waals surface area contributed by atoms with Crippen molar-refractivity contribution in [3.8, 4) is 0 Å². The number of ether oxygens (including phenoxy) is 1. The van der Waals surface area contributed by atoms with Gasteiger partial charge in [0.15, 0.2) is 0 Å². The molecule has 0 atom stereocenters. The summed E-state index contributed by atoms with van der Waals surface area (Å²) in [6, 6.07) is 3.43. The van der Waals surface area contributed by atoms with Crippen molar-refractivity contribution in [2.24, 2.45) is 5.73 Å². The van der Waals surface area contributed by atoms with Crippen molar-refractivity contribution >= 4 is 26.0 Å². The summed E-state index contributed by atoms with van der Waals surface area (Å²) in [4.78, 5) is 0.233. The molecule has 114 valence electrons. The molecule has 0 radical (unpaired) electrons. The Morgan fingerprint density at radius 3 is 2.50 bits per heavy atom. The molecule has 1 aromatic rings. The average molecular weight is 365 g/mol. The molecule has 0 aromatic heterocycles.